The van der Waals surface area contributed by atoms with Gasteiger partial charge in [0, 0.05) is 19.3 Å². The van der Waals surface area contributed by atoms with Crippen molar-refractivity contribution in [2.75, 3.05) is 11.9 Å². The lowest BCUT2D eigenvalue weighted by atomic mass is 10.2. The van der Waals surface area contributed by atoms with E-state index in [1.54, 1.807) is 31.4 Å². The van der Waals surface area contributed by atoms with Crippen molar-refractivity contribution in [3.05, 3.63) is 52.9 Å². The average Bonchev–Trinajstić information content (AvgIpc) is 2.50. The number of nitrogens with one attached hydrogen (secondary N) is 1. The summed E-state index contributed by atoms with van der Waals surface area (Å²) in [7, 11) is 1.62. The molecule has 1 N–H and O–H groups in total. The van der Waals surface area contributed by atoms with Crippen molar-refractivity contribution in [3.8, 4) is 11.5 Å². The molecular formula is C15H14N2O4. The molecule has 0 bridgehead atoms. The van der Waals surface area contributed by atoms with Gasteiger partial charge in [0.2, 0.25) is 11.7 Å². The van der Waals surface area contributed by atoms with Gasteiger partial charge in [-0.3, -0.25) is 9.59 Å². The Hall–Kier alpha value is -2.76. The topological polar surface area (TPSA) is 69.6 Å². The summed E-state index contributed by atoms with van der Waals surface area (Å²) in [6.07, 6.45) is 0.829. The Bertz CT molecular complexity index is 738. The van der Waals surface area contributed by atoms with Crippen LogP contribution in [0.3, 0.4) is 0 Å². The highest BCUT2D eigenvalue weighted by molar-refractivity contribution is 5.94. The van der Waals surface area contributed by atoms with Gasteiger partial charge in [0.25, 0.3) is 5.91 Å². The lowest BCUT2D eigenvalue weighted by Crippen LogP contribution is -2.40. The number of pyridine rings is 1. The van der Waals surface area contributed by atoms with Gasteiger partial charge in [0.15, 0.2) is 11.5 Å². The molecule has 0 radical (unpaired) electrons. The number of benzene rings is 1. The molecule has 0 aliphatic carbocycles. The molecule has 2 aromatic rings. The number of aryl methyl sites for hydroxylation is 1. The van der Waals surface area contributed by atoms with Crippen LogP contribution in [0.5, 0.6) is 11.5 Å². The Kier molecular flexibility index (Phi) is 3.35. The zero-order valence-corrected chi connectivity index (χ0v) is 11.4. The van der Waals surface area contributed by atoms with Crippen molar-refractivity contribution in [3.63, 3.8) is 0 Å². The minimum absolute atomic E-state index is 0.140. The van der Waals surface area contributed by atoms with Crippen LogP contribution in [0.4, 0.5) is 5.69 Å². The number of carbonyl (C=O) groups excluding carboxylic acids is 1. The second kappa shape index (κ2) is 5.32. The lowest BCUT2D eigenvalue weighted by Gasteiger charge is -2.25. The molecule has 6 heteroatoms. The number of amides is 1. The highest BCUT2D eigenvalue weighted by atomic mass is 16.6. The number of hydrogen-bond acceptors (Lipinski definition) is 4. The maximum absolute atomic E-state index is 12.2. The number of carbonyl (C=O) groups is 1. The standard InChI is InChI=1S/C15H14N2O4/c1-17-8-10(6-7-14(17)18)16-15(19)13-9-20-11-4-2-3-5-12(11)21-13/h2-8,13H,9H2,1H3,(H,16,19). The van der Waals surface area contributed by atoms with Gasteiger partial charge >= 0.3 is 0 Å². The maximum Gasteiger partial charge on any atom is 0.269 e. The number of hydrogen-bond donors (Lipinski definition) is 1. The van der Waals surface area contributed by atoms with Crippen LogP contribution >= 0.6 is 0 Å². The number of fused-ring (bicyclic) bond motifs is 1. The van der Waals surface area contributed by atoms with Crippen LogP contribution in [-0.4, -0.2) is 23.2 Å². The summed E-state index contributed by atoms with van der Waals surface area (Å²) in [5.41, 5.74) is 0.392. The third-order valence-electron chi connectivity index (χ3n) is 3.15. The molecule has 1 aromatic carbocycles. The molecule has 1 unspecified atom stereocenters. The van der Waals surface area contributed by atoms with Gasteiger partial charge in [-0.1, -0.05) is 12.1 Å². The molecule has 1 aliphatic heterocycles. The van der Waals surface area contributed by atoms with Gasteiger partial charge in [0.05, 0.1) is 5.69 Å². The number of para-hydroxylation sites is 2. The van der Waals surface area contributed by atoms with Crippen LogP contribution in [0.25, 0.3) is 0 Å². The Morgan fingerprint density at radius 1 is 1.24 bits per heavy atom. The van der Waals surface area contributed by atoms with Crippen LogP contribution in [0.2, 0.25) is 0 Å². The van der Waals surface area contributed by atoms with Crippen molar-refractivity contribution in [2.24, 2.45) is 7.05 Å². The van der Waals surface area contributed by atoms with Crippen LogP contribution in [0, 0.1) is 0 Å². The average molecular weight is 286 g/mol. The van der Waals surface area contributed by atoms with Crippen LogP contribution in [0.1, 0.15) is 0 Å². The van der Waals surface area contributed by atoms with Crippen molar-refractivity contribution >= 4 is 11.6 Å². The van der Waals surface area contributed by atoms with Crippen LogP contribution in [-0.2, 0) is 11.8 Å². The molecule has 3 rings (SSSR count). The second-order valence-electron chi connectivity index (χ2n) is 4.72. The first kappa shape index (κ1) is 13.2. The summed E-state index contributed by atoms with van der Waals surface area (Å²) < 4.78 is 12.5. The Morgan fingerprint density at radius 2 is 2.00 bits per heavy atom. The summed E-state index contributed by atoms with van der Waals surface area (Å²) in [6.45, 7) is 0.147. The van der Waals surface area contributed by atoms with E-state index < -0.39 is 6.10 Å². The minimum Gasteiger partial charge on any atom is -0.485 e. The molecule has 2 heterocycles. The Morgan fingerprint density at radius 3 is 2.76 bits per heavy atom. The monoisotopic (exact) mass is 286 g/mol. The van der Waals surface area contributed by atoms with E-state index in [9.17, 15) is 9.59 Å². The number of nitrogens with zero attached hydrogens (tertiary/aromatic N) is 1. The SMILES string of the molecule is Cn1cc(NC(=O)C2COc3ccccc3O2)ccc1=O. The summed E-state index contributed by atoms with van der Waals surface area (Å²) >= 11 is 0. The number of ether oxygens (including phenoxy) is 2. The predicted molar refractivity (Wildman–Crippen MR) is 76.7 cm³/mol. The summed E-state index contributed by atoms with van der Waals surface area (Å²) in [5, 5.41) is 2.71. The fourth-order valence-corrected chi connectivity index (χ4v) is 2.04. The quantitative estimate of drug-likeness (QED) is 0.899. The van der Waals surface area contributed by atoms with Gasteiger partial charge in [-0.2, -0.15) is 0 Å². The number of aromatic nitrogens is 1. The molecule has 1 aromatic heterocycles. The van der Waals surface area contributed by atoms with E-state index in [0.29, 0.717) is 17.2 Å². The highest BCUT2D eigenvalue weighted by Crippen LogP contribution is 2.31. The van der Waals surface area contributed by atoms with Crippen molar-refractivity contribution in [2.45, 2.75) is 6.10 Å². The summed E-state index contributed by atoms with van der Waals surface area (Å²) in [4.78, 5) is 23.5. The fraction of sp³-hybridized carbons (Fsp3) is 0.200. The molecule has 1 aliphatic rings. The van der Waals surface area contributed by atoms with Gasteiger partial charge < -0.3 is 19.4 Å². The first-order chi connectivity index (χ1) is 10.1. The number of rotatable bonds is 2. The molecule has 6 nitrogen and oxygen atoms in total. The van der Waals surface area contributed by atoms with Crippen molar-refractivity contribution < 1.29 is 14.3 Å². The molecule has 1 amide bonds. The highest BCUT2D eigenvalue weighted by Gasteiger charge is 2.27. The predicted octanol–water partition coefficient (Wildman–Crippen LogP) is 1.16. The zero-order chi connectivity index (χ0) is 14.8. The molecule has 21 heavy (non-hydrogen) atoms. The molecule has 1 atom stereocenters. The molecular weight excluding hydrogens is 272 g/mol. The fourth-order valence-electron chi connectivity index (χ4n) is 2.04. The van der Waals surface area contributed by atoms with Crippen LogP contribution in [0.15, 0.2) is 47.4 Å². The van der Waals surface area contributed by atoms with Gasteiger partial charge in [-0.25, -0.2) is 0 Å². The van der Waals surface area contributed by atoms with E-state index in [-0.39, 0.29) is 18.1 Å². The van der Waals surface area contributed by atoms with Gasteiger partial charge in [0.1, 0.15) is 6.61 Å². The third-order valence-corrected chi connectivity index (χ3v) is 3.15. The third kappa shape index (κ3) is 2.74. The first-order valence-corrected chi connectivity index (χ1v) is 6.49. The normalized spacial score (nSPS) is 16.3. The Balaban J connectivity index is 1.72. The minimum atomic E-state index is -0.725. The molecule has 0 fully saturated rings. The van der Waals surface area contributed by atoms with E-state index in [4.69, 9.17) is 9.47 Å². The summed E-state index contributed by atoms with van der Waals surface area (Å²) in [6, 6.07) is 10.1. The van der Waals surface area contributed by atoms with E-state index >= 15 is 0 Å². The largest absolute Gasteiger partial charge is 0.485 e. The molecule has 0 spiro atoms. The van der Waals surface area contributed by atoms with Crippen molar-refractivity contribution in [1.29, 1.82) is 0 Å². The molecule has 108 valence electrons. The molecule has 0 saturated carbocycles. The van der Waals surface area contributed by atoms with Crippen molar-refractivity contribution in [1.82, 2.24) is 4.57 Å². The number of anilines is 1. The summed E-state index contributed by atoms with van der Waals surface area (Å²) in [5.74, 6) is 0.858. The maximum atomic E-state index is 12.2. The zero-order valence-electron chi connectivity index (χ0n) is 11.4. The smallest absolute Gasteiger partial charge is 0.269 e. The second-order valence-corrected chi connectivity index (χ2v) is 4.72. The van der Waals surface area contributed by atoms with E-state index in [1.165, 1.54) is 10.6 Å². The lowest BCUT2D eigenvalue weighted by molar-refractivity contribution is -0.125. The van der Waals surface area contributed by atoms with E-state index in [0.717, 1.165) is 0 Å². The van der Waals surface area contributed by atoms with E-state index in [2.05, 4.69) is 5.32 Å². The molecule has 0 saturated heterocycles. The van der Waals surface area contributed by atoms with Gasteiger partial charge in [-0.15, -0.1) is 0 Å². The van der Waals surface area contributed by atoms with Crippen LogP contribution < -0.4 is 20.3 Å². The van der Waals surface area contributed by atoms with E-state index in [1.807, 2.05) is 12.1 Å². The van der Waals surface area contributed by atoms with Gasteiger partial charge in [-0.05, 0) is 18.2 Å². The Labute approximate surface area is 120 Å². The first-order valence-electron chi connectivity index (χ1n) is 6.49.